The monoisotopic (exact) mass is 420 g/mol. The lowest BCUT2D eigenvalue weighted by atomic mass is 9.98. The molecule has 1 aromatic carbocycles. The molecule has 0 saturated carbocycles. The van der Waals surface area contributed by atoms with Gasteiger partial charge < -0.3 is 19.8 Å². The normalized spacial score (nSPS) is 16.0. The zero-order chi connectivity index (χ0) is 21.1. The van der Waals surface area contributed by atoms with Crippen LogP contribution in [-0.2, 0) is 21.4 Å². The Kier molecular flexibility index (Phi) is 6.42. The first-order valence-corrected chi connectivity index (χ1v) is 10.1. The fourth-order valence-corrected chi connectivity index (χ4v) is 4.33. The first kappa shape index (κ1) is 21.1. The van der Waals surface area contributed by atoms with Crippen molar-refractivity contribution in [2.45, 2.75) is 31.7 Å². The van der Waals surface area contributed by atoms with Crippen molar-refractivity contribution in [3.8, 4) is 0 Å². The molecule has 9 heteroatoms. The van der Waals surface area contributed by atoms with E-state index in [4.69, 9.17) is 11.6 Å². The molecular formula is C20H25ClN4O4. The van der Waals surface area contributed by atoms with Crippen LogP contribution in [0.25, 0.3) is 11.0 Å². The number of carbonyl (C=O) groups is 3. The minimum atomic E-state index is -0.795. The average Bonchev–Trinajstić information content (AvgIpc) is 2.99. The number of piperidine rings is 1. The van der Waals surface area contributed by atoms with Crippen LogP contribution in [0.5, 0.6) is 0 Å². The Labute approximate surface area is 173 Å². The van der Waals surface area contributed by atoms with Crippen molar-refractivity contribution in [2.24, 2.45) is 13.0 Å². The summed E-state index contributed by atoms with van der Waals surface area (Å²) in [6.07, 6.45) is 3.58. The van der Waals surface area contributed by atoms with Gasteiger partial charge in [-0.05, 0) is 31.4 Å². The van der Waals surface area contributed by atoms with Gasteiger partial charge in [0, 0.05) is 39.5 Å². The molecule has 1 amide bonds. The Morgan fingerprint density at radius 3 is 2.59 bits per heavy atom. The molecule has 1 aliphatic rings. The number of aldehydes is 2. The molecule has 2 aromatic rings. The average molecular weight is 421 g/mol. The molecule has 1 N–H and O–H groups in total. The van der Waals surface area contributed by atoms with Gasteiger partial charge in [0.1, 0.15) is 18.6 Å². The van der Waals surface area contributed by atoms with Crippen LogP contribution in [0.15, 0.2) is 16.9 Å². The van der Waals surface area contributed by atoms with Crippen LogP contribution in [-0.4, -0.2) is 47.8 Å². The van der Waals surface area contributed by atoms with E-state index in [0.29, 0.717) is 29.1 Å². The highest BCUT2D eigenvalue weighted by Crippen LogP contribution is 2.37. The number of nitrogens with one attached hydrogen (secondary N) is 1. The summed E-state index contributed by atoms with van der Waals surface area (Å²) in [7, 11) is 3.16. The zero-order valence-electron chi connectivity index (χ0n) is 16.6. The number of aromatic nitrogens is 2. The number of halogens is 1. The lowest BCUT2D eigenvalue weighted by molar-refractivity contribution is -0.124. The molecule has 1 unspecified atom stereocenters. The Hall–Kier alpha value is -2.61. The Morgan fingerprint density at radius 2 is 2.00 bits per heavy atom. The van der Waals surface area contributed by atoms with Gasteiger partial charge >= 0.3 is 5.69 Å². The lowest BCUT2D eigenvalue weighted by Gasteiger charge is -2.32. The van der Waals surface area contributed by atoms with Crippen LogP contribution in [0.4, 0.5) is 5.69 Å². The Balaban J connectivity index is 2.16. The molecule has 1 aromatic heterocycles. The van der Waals surface area contributed by atoms with E-state index < -0.39 is 6.04 Å². The van der Waals surface area contributed by atoms with E-state index in [1.165, 1.54) is 16.2 Å². The summed E-state index contributed by atoms with van der Waals surface area (Å²) in [5.41, 5.74) is 1.63. The number of carbonyl (C=O) groups excluding carboxylic acids is 3. The number of imidazole rings is 1. The van der Waals surface area contributed by atoms with Gasteiger partial charge in [0.2, 0.25) is 5.91 Å². The van der Waals surface area contributed by atoms with Crippen molar-refractivity contribution in [3.05, 3.63) is 27.6 Å². The number of rotatable bonds is 7. The molecule has 1 aliphatic heterocycles. The SMILES string of the molecule is CNC(=O)C(CCC=O)n1c(=O)n(C)c2c(N3CCC(C=O)CC3)c(Cl)ccc21. The third kappa shape index (κ3) is 3.81. The van der Waals surface area contributed by atoms with E-state index in [1.54, 1.807) is 19.2 Å². The molecule has 1 atom stereocenters. The Bertz CT molecular complexity index is 989. The second-order valence-corrected chi connectivity index (χ2v) is 7.72. The smallest absolute Gasteiger partial charge is 0.329 e. The second-order valence-electron chi connectivity index (χ2n) is 7.31. The predicted molar refractivity (Wildman–Crippen MR) is 112 cm³/mol. The molecule has 8 nitrogen and oxygen atoms in total. The van der Waals surface area contributed by atoms with E-state index in [1.807, 2.05) is 0 Å². The molecule has 0 bridgehead atoms. The molecule has 156 valence electrons. The fourth-order valence-electron chi connectivity index (χ4n) is 4.06. The van der Waals surface area contributed by atoms with Crippen LogP contribution < -0.4 is 15.9 Å². The first-order chi connectivity index (χ1) is 13.9. The van der Waals surface area contributed by atoms with Crippen molar-refractivity contribution in [1.29, 1.82) is 0 Å². The second kappa shape index (κ2) is 8.82. The van der Waals surface area contributed by atoms with Gasteiger partial charge in [-0.3, -0.25) is 13.9 Å². The number of likely N-dealkylation sites (N-methyl/N-ethyl adjacent to an activating group) is 1. The van der Waals surface area contributed by atoms with Crippen LogP contribution >= 0.6 is 11.6 Å². The standard InChI is InChI=1S/C20H25ClN4O4/c1-22-19(28)16(4-3-11-26)25-15-6-5-14(21)17(18(15)23(2)20(25)29)24-9-7-13(12-27)8-10-24/h5-6,11-13,16H,3-4,7-10H2,1-2H3,(H,22,28). The first-order valence-electron chi connectivity index (χ1n) is 9.69. The Morgan fingerprint density at radius 1 is 1.31 bits per heavy atom. The quantitative estimate of drug-likeness (QED) is 0.688. The van der Waals surface area contributed by atoms with Gasteiger partial charge in [-0.15, -0.1) is 0 Å². The number of amides is 1. The number of nitrogens with zero attached hydrogens (tertiary/aromatic N) is 3. The third-order valence-corrected chi connectivity index (χ3v) is 5.94. The van der Waals surface area contributed by atoms with Crippen molar-refractivity contribution in [3.63, 3.8) is 0 Å². The summed E-state index contributed by atoms with van der Waals surface area (Å²) in [5, 5.41) is 3.09. The van der Waals surface area contributed by atoms with Gasteiger partial charge in [0.05, 0.1) is 21.7 Å². The van der Waals surface area contributed by atoms with Crippen molar-refractivity contribution >= 4 is 46.8 Å². The molecule has 1 saturated heterocycles. The summed E-state index contributed by atoms with van der Waals surface area (Å²) in [6, 6.07) is 2.66. The van der Waals surface area contributed by atoms with E-state index in [-0.39, 0.29) is 30.4 Å². The summed E-state index contributed by atoms with van der Waals surface area (Å²) in [5.74, 6) is -0.289. The summed E-state index contributed by atoms with van der Waals surface area (Å²) in [6.45, 7) is 1.32. The highest BCUT2D eigenvalue weighted by molar-refractivity contribution is 6.34. The molecule has 0 aliphatic carbocycles. The van der Waals surface area contributed by atoms with Gasteiger partial charge in [-0.2, -0.15) is 0 Å². The number of anilines is 1. The van der Waals surface area contributed by atoms with Crippen molar-refractivity contribution in [1.82, 2.24) is 14.5 Å². The van der Waals surface area contributed by atoms with Gasteiger partial charge in [0.15, 0.2) is 0 Å². The van der Waals surface area contributed by atoms with E-state index in [0.717, 1.165) is 31.1 Å². The highest BCUT2D eigenvalue weighted by atomic mass is 35.5. The topological polar surface area (TPSA) is 93.4 Å². The van der Waals surface area contributed by atoms with Crippen LogP contribution in [0.3, 0.4) is 0 Å². The fraction of sp³-hybridized carbons (Fsp3) is 0.500. The van der Waals surface area contributed by atoms with Gasteiger partial charge in [-0.25, -0.2) is 4.79 Å². The minimum absolute atomic E-state index is 0.0404. The van der Waals surface area contributed by atoms with Crippen LogP contribution in [0, 0.1) is 5.92 Å². The molecule has 0 radical (unpaired) electrons. The molecule has 3 rings (SSSR count). The number of benzene rings is 1. The summed E-state index contributed by atoms with van der Waals surface area (Å²) < 4.78 is 2.94. The van der Waals surface area contributed by atoms with Gasteiger partial charge in [-0.1, -0.05) is 11.6 Å². The number of fused-ring (bicyclic) bond motifs is 1. The maximum absolute atomic E-state index is 13.1. The maximum Gasteiger partial charge on any atom is 0.329 e. The van der Waals surface area contributed by atoms with E-state index in [2.05, 4.69) is 10.2 Å². The molecule has 29 heavy (non-hydrogen) atoms. The number of aryl methyl sites for hydroxylation is 1. The van der Waals surface area contributed by atoms with Crippen molar-refractivity contribution < 1.29 is 14.4 Å². The van der Waals surface area contributed by atoms with E-state index >= 15 is 0 Å². The lowest BCUT2D eigenvalue weighted by Crippen LogP contribution is -2.36. The van der Waals surface area contributed by atoms with E-state index in [9.17, 15) is 19.2 Å². The predicted octanol–water partition coefficient (Wildman–Crippen LogP) is 1.67. The molecular weight excluding hydrogens is 396 g/mol. The van der Waals surface area contributed by atoms with Crippen LogP contribution in [0.2, 0.25) is 5.02 Å². The van der Waals surface area contributed by atoms with Crippen molar-refractivity contribution in [2.75, 3.05) is 25.0 Å². The summed E-state index contributed by atoms with van der Waals surface area (Å²) in [4.78, 5) is 49.7. The molecule has 2 heterocycles. The zero-order valence-corrected chi connectivity index (χ0v) is 17.3. The number of hydrogen-bond donors (Lipinski definition) is 1. The number of hydrogen-bond acceptors (Lipinski definition) is 5. The van der Waals surface area contributed by atoms with Gasteiger partial charge in [0.25, 0.3) is 0 Å². The summed E-state index contributed by atoms with van der Waals surface area (Å²) >= 11 is 6.53. The molecule has 1 fully saturated rings. The van der Waals surface area contributed by atoms with Crippen LogP contribution in [0.1, 0.15) is 31.7 Å². The maximum atomic E-state index is 13.1. The third-order valence-electron chi connectivity index (χ3n) is 5.64. The minimum Gasteiger partial charge on any atom is -0.369 e. The molecule has 0 spiro atoms. The largest absolute Gasteiger partial charge is 0.369 e. The highest BCUT2D eigenvalue weighted by Gasteiger charge is 2.29.